The van der Waals surface area contributed by atoms with Gasteiger partial charge in [0.05, 0.1) is 5.92 Å². The van der Waals surface area contributed by atoms with Crippen LogP contribution in [-0.2, 0) is 4.79 Å². The highest BCUT2D eigenvalue weighted by atomic mass is 16.1. The van der Waals surface area contributed by atoms with E-state index in [-0.39, 0.29) is 11.7 Å². The SMILES string of the molecule is CC(=O)c1cccc(C(C=O)c2ccccc2)c1. The molecule has 0 heterocycles. The second-order valence-corrected chi connectivity index (χ2v) is 4.21. The quantitative estimate of drug-likeness (QED) is 0.605. The molecule has 2 heteroatoms. The van der Waals surface area contributed by atoms with Crippen molar-refractivity contribution in [1.29, 1.82) is 0 Å². The van der Waals surface area contributed by atoms with E-state index in [0.717, 1.165) is 17.4 Å². The molecule has 0 aliphatic heterocycles. The fraction of sp³-hybridized carbons (Fsp3) is 0.125. The zero-order valence-corrected chi connectivity index (χ0v) is 10.2. The van der Waals surface area contributed by atoms with Crippen LogP contribution in [0.2, 0.25) is 0 Å². The van der Waals surface area contributed by atoms with Gasteiger partial charge >= 0.3 is 0 Å². The molecule has 0 amide bonds. The van der Waals surface area contributed by atoms with Gasteiger partial charge in [0.2, 0.25) is 0 Å². The summed E-state index contributed by atoms with van der Waals surface area (Å²) in [4.78, 5) is 22.7. The predicted molar refractivity (Wildman–Crippen MR) is 70.8 cm³/mol. The lowest BCUT2D eigenvalue weighted by atomic mass is 9.91. The Hall–Kier alpha value is -2.22. The number of rotatable bonds is 4. The van der Waals surface area contributed by atoms with E-state index in [0.29, 0.717) is 5.56 Å². The molecule has 0 bridgehead atoms. The molecule has 0 saturated heterocycles. The highest BCUT2D eigenvalue weighted by molar-refractivity contribution is 5.94. The Morgan fingerprint density at radius 2 is 1.67 bits per heavy atom. The molecule has 0 fully saturated rings. The minimum atomic E-state index is -0.314. The topological polar surface area (TPSA) is 34.1 Å². The summed E-state index contributed by atoms with van der Waals surface area (Å²) in [5, 5.41) is 0. The average Bonchev–Trinajstić information content (AvgIpc) is 2.41. The van der Waals surface area contributed by atoms with Crippen LogP contribution in [0.5, 0.6) is 0 Å². The number of ketones is 1. The molecule has 2 rings (SSSR count). The summed E-state index contributed by atoms with van der Waals surface area (Å²) in [7, 11) is 0. The number of aldehydes is 1. The van der Waals surface area contributed by atoms with Crippen LogP contribution in [0.1, 0.15) is 34.3 Å². The fourth-order valence-electron chi connectivity index (χ4n) is 1.96. The molecule has 1 atom stereocenters. The molecule has 2 aromatic carbocycles. The molecule has 0 aromatic heterocycles. The van der Waals surface area contributed by atoms with Crippen molar-refractivity contribution < 1.29 is 9.59 Å². The molecule has 0 spiro atoms. The molecule has 18 heavy (non-hydrogen) atoms. The Kier molecular flexibility index (Phi) is 3.68. The van der Waals surface area contributed by atoms with Crippen molar-refractivity contribution in [2.45, 2.75) is 12.8 Å². The first-order valence-electron chi connectivity index (χ1n) is 5.83. The minimum Gasteiger partial charge on any atom is -0.302 e. The Morgan fingerprint density at radius 3 is 2.28 bits per heavy atom. The van der Waals surface area contributed by atoms with E-state index in [2.05, 4.69) is 0 Å². The molecule has 0 aliphatic rings. The lowest BCUT2D eigenvalue weighted by Crippen LogP contribution is -2.04. The number of benzene rings is 2. The summed E-state index contributed by atoms with van der Waals surface area (Å²) >= 11 is 0. The van der Waals surface area contributed by atoms with Gasteiger partial charge in [0.15, 0.2) is 5.78 Å². The van der Waals surface area contributed by atoms with Gasteiger partial charge in [-0.1, -0.05) is 48.5 Å². The molecule has 0 saturated carbocycles. The largest absolute Gasteiger partial charge is 0.302 e. The van der Waals surface area contributed by atoms with Crippen molar-refractivity contribution in [3.05, 3.63) is 71.3 Å². The summed E-state index contributed by atoms with van der Waals surface area (Å²) in [5.41, 5.74) is 2.42. The van der Waals surface area contributed by atoms with Crippen LogP contribution in [0.25, 0.3) is 0 Å². The van der Waals surface area contributed by atoms with E-state index in [9.17, 15) is 9.59 Å². The normalized spacial score (nSPS) is 11.8. The van der Waals surface area contributed by atoms with Gasteiger partial charge in [-0.25, -0.2) is 0 Å². The molecule has 0 aliphatic carbocycles. The number of carbonyl (C=O) groups is 2. The fourth-order valence-corrected chi connectivity index (χ4v) is 1.96. The third-order valence-corrected chi connectivity index (χ3v) is 2.95. The van der Waals surface area contributed by atoms with Crippen molar-refractivity contribution in [2.24, 2.45) is 0 Å². The van der Waals surface area contributed by atoms with Crippen LogP contribution in [0.3, 0.4) is 0 Å². The summed E-state index contributed by atoms with van der Waals surface area (Å²) in [6.07, 6.45) is 0.911. The summed E-state index contributed by atoms with van der Waals surface area (Å²) in [6, 6.07) is 16.8. The van der Waals surface area contributed by atoms with Gasteiger partial charge in [0.1, 0.15) is 6.29 Å². The molecule has 90 valence electrons. The van der Waals surface area contributed by atoms with Crippen molar-refractivity contribution in [2.75, 3.05) is 0 Å². The maximum absolute atomic E-state index is 11.4. The van der Waals surface area contributed by atoms with Crippen LogP contribution >= 0.6 is 0 Å². The van der Waals surface area contributed by atoms with E-state index in [1.165, 1.54) is 6.92 Å². The molecule has 2 aromatic rings. The van der Waals surface area contributed by atoms with Gasteiger partial charge in [0.25, 0.3) is 0 Å². The minimum absolute atomic E-state index is 0.00885. The van der Waals surface area contributed by atoms with E-state index < -0.39 is 0 Å². The van der Waals surface area contributed by atoms with Crippen molar-refractivity contribution in [3.8, 4) is 0 Å². The van der Waals surface area contributed by atoms with E-state index in [1.807, 2.05) is 42.5 Å². The van der Waals surface area contributed by atoms with Gasteiger partial charge in [0, 0.05) is 5.56 Å². The third kappa shape index (κ3) is 2.54. The van der Waals surface area contributed by atoms with Crippen molar-refractivity contribution in [1.82, 2.24) is 0 Å². The van der Waals surface area contributed by atoms with Crippen LogP contribution in [-0.4, -0.2) is 12.1 Å². The zero-order valence-electron chi connectivity index (χ0n) is 10.2. The molecule has 2 nitrogen and oxygen atoms in total. The predicted octanol–water partition coefficient (Wildman–Crippen LogP) is 3.22. The van der Waals surface area contributed by atoms with Crippen LogP contribution in [0.4, 0.5) is 0 Å². The summed E-state index contributed by atoms with van der Waals surface area (Å²) < 4.78 is 0. The number of hydrogen-bond acceptors (Lipinski definition) is 2. The molecule has 0 N–H and O–H groups in total. The van der Waals surface area contributed by atoms with E-state index >= 15 is 0 Å². The van der Waals surface area contributed by atoms with Gasteiger partial charge in [-0.2, -0.15) is 0 Å². The number of Topliss-reactive ketones (excluding diaryl/α,β-unsaturated/α-hetero) is 1. The van der Waals surface area contributed by atoms with Gasteiger partial charge in [-0.15, -0.1) is 0 Å². The molecular weight excluding hydrogens is 224 g/mol. The Labute approximate surface area is 106 Å². The summed E-state index contributed by atoms with van der Waals surface area (Å²) in [6.45, 7) is 1.53. The molecule has 0 radical (unpaired) electrons. The highest BCUT2D eigenvalue weighted by Gasteiger charge is 2.13. The van der Waals surface area contributed by atoms with Crippen molar-refractivity contribution in [3.63, 3.8) is 0 Å². The molecular formula is C16H14O2. The second kappa shape index (κ2) is 5.41. The maximum atomic E-state index is 11.4. The van der Waals surface area contributed by atoms with Crippen LogP contribution in [0.15, 0.2) is 54.6 Å². The lowest BCUT2D eigenvalue weighted by Gasteiger charge is -2.11. The third-order valence-electron chi connectivity index (χ3n) is 2.95. The van der Waals surface area contributed by atoms with Crippen molar-refractivity contribution >= 4 is 12.1 Å². The van der Waals surface area contributed by atoms with E-state index in [4.69, 9.17) is 0 Å². The monoisotopic (exact) mass is 238 g/mol. The Balaban J connectivity index is 2.42. The molecule has 1 unspecified atom stereocenters. The number of carbonyl (C=O) groups excluding carboxylic acids is 2. The van der Waals surface area contributed by atoms with Gasteiger partial charge in [-0.3, -0.25) is 4.79 Å². The first-order chi connectivity index (χ1) is 8.72. The smallest absolute Gasteiger partial charge is 0.159 e. The summed E-state index contributed by atoms with van der Waals surface area (Å²) in [5.74, 6) is -0.305. The van der Waals surface area contributed by atoms with Gasteiger partial charge < -0.3 is 4.79 Å². The first-order valence-corrected chi connectivity index (χ1v) is 5.83. The average molecular weight is 238 g/mol. The second-order valence-electron chi connectivity index (χ2n) is 4.21. The Morgan fingerprint density at radius 1 is 1.00 bits per heavy atom. The highest BCUT2D eigenvalue weighted by Crippen LogP contribution is 2.23. The number of hydrogen-bond donors (Lipinski definition) is 0. The van der Waals surface area contributed by atoms with Crippen LogP contribution < -0.4 is 0 Å². The Bertz CT molecular complexity index is 558. The van der Waals surface area contributed by atoms with Gasteiger partial charge in [-0.05, 0) is 24.1 Å². The van der Waals surface area contributed by atoms with Crippen LogP contribution in [0, 0.1) is 0 Å². The zero-order chi connectivity index (χ0) is 13.0. The standard InChI is InChI=1S/C16H14O2/c1-12(18)14-8-5-9-15(10-14)16(11-17)13-6-3-2-4-7-13/h2-11,16H,1H3. The maximum Gasteiger partial charge on any atom is 0.159 e. The van der Waals surface area contributed by atoms with E-state index in [1.54, 1.807) is 12.1 Å². The lowest BCUT2D eigenvalue weighted by molar-refractivity contribution is -0.108. The first kappa shape index (κ1) is 12.2.